The average Bonchev–Trinajstić information content (AvgIpc) is 2.65. The molecule has 0 aromatic rings. The van der Waals surface area contributed by atoms with E-state index in [1.807, 2.05) is 0 Å². The standard InChI is InChI=1S/C12H16Si/c1-9-5-3-7-11(9)13-12-8-4-6-10(12)2/h5-8H,3-4,13H2,1-2H3. The van der Waals surface area contributed by atoms with E-state index in [9.17, 15) is 0 Å². The van der Waals surface area contributed by atoms with Gasteiger partial charge in [-0.1, -0.05) is 45.8 Å². The summed E-state index contributed by atoms with van der Waals surface area (Å²) in [5, 5.41) is 3.34. The van der Waals surface area contributed by atoms with E-state index in [0.29, 0.717) is 0 Å². The molecule has 0 amide bonds. The smallest absolute Gasteiger partial charge is 0.0815 e. The van der Waals surface area contributed by atoms with Crippen molar-refractivity contribution in [2.24, 2.45) is 0 Å². The molecule has 0 aromatic heterocycles. The van der Waals surface area contributed by atoms with Crippen LogP contribution in [0, 0.1) is 0 Å². The predicted octanol–water partition coefficient (Wildman–Crippen LogP) is 2.62. The fraction of sp³-hybridized carbons (Fsp3) is 0.333. The Balaban J connectivity index is 2.07. The van der Waals surface area contributed by atoms with Gasteiger partial charge in [-0.05, 0) is 26.7 Å². The summed E-state index contributed by atoms with van der Waals surface area (Å²) in [5.41, 5.74) is 3.07. The van der Waals surface area contributed by atoms with E-state index in [4.69, 9.17) is 0 Å². The molecule has 0 saturated carbocycles. The van der Waals surface area contributed by atoms with Gasteiger partial charge in [-0.3, -0.25) is 0 Å². The lowest BCUT2D eigenvalue weighted by Gasteiger charge is -2.05. The van der Waals surface area contributed by atoms with Crippen LogP contribution in [0.2, 0.25) is 0 Å². The Bertz CT molecular complexity index is 306. The van der Waals surface area contributed by atoms with E-state index in [1.165, 1.54) is 24.0 Å². The second kappa shape index (κ2) is 3.50. The van der Waals surface area contributed by atoms with Gasteiger partial charge in [0.15, 0.2) is 0 Å². The Morgan fingerprint density at radius 3 is 1.62 bits per heavy atom. The zero-order valence-corrected chi connectivity index (χ0v) is 9.84. The molecule has 0 spiro atoms. The Hall–Kier alpha value is -0.823. The first kappa shape index (κ1) is 8.76. The van der Waals surface area contributed by atoms with E-state index in [1.54, 1.807) is 10.4 Å². The first-order valence-electron chi connectivity index (χ1n) is 4.99. The molecule has 0 bridgehead atoms. The maximum Gasteiger partial charge on any atom is 0.0873 e. The van der Waals surface area contributed by atoms with Gasteiger partial charge in [0.2, 0.25) is 0 Å². The van der Waals surface area contributed by atoms with Crippen molar-refractivity contribution >= 4 is 9.52 Å². The molecule has 2 aliphatic carbocycles. The maximum absolute atomic E-state index is 2.41. The number of hydrogen-bond donors (Lipinski definition) is 0. The molecule has 0 aromatic carbocycles. The Kier molecular flexibility index (Phi) is 2.36. The predicted molar refractivity (Wildman–Crippen MR) is 61.5 cm³/mol. The topological polar surface area (TPSA) is 0 Å². The normalized spacial score (nSPS) is 21.1. The van der Waals surface area contributed by atoms with Crippen LogP contribution in [0.5, 0.6) is 0 Å². The molecule has 0 saturated heterocycles. The van der Waals surface area contributed by atoms with Gasteiger partial charge < -0.3 is 0 Å². The lowest BCUT2D eigenvalue weighted by molar-refractivity contribution is 1.42. The van der Waals surface area contributed by atoms with Crippen LogP contribution in [0.25, 0.3) is 0 Å². The summed E-state index contributed by atoms with van der Waals surface area (Å²) < 4.78 is 0. The minimum atomic E-state index is -0.145. The quantitative estimate of drug-likeness (QED) is 0.584. The molecule has 0 atom stereocenters. The molecule has 0 N–H and O–H groups in total. The van der Waals surface area contributed by atoms with Crippen molar-refractivity contribution < 1.29 is 0 Å². The lowest BCUT2D eigenvalue weighted by Crippen LogP contribution is -2.00. The molecular weight excluding hydrogens is 172 g/mol. The van der Waals surface area contributed by atoms with E-state index >= 15 is 0 Å². The highest BCUT2D eigenvalue weighted by atomic mass is 28.2. The summed E-state index contributed by atoms with van der Waals surface area (Å²) in [5.74, 6) is 0. The highest BCUT2D eigenvalue weighted by Crippen LogP contribution is 2.24. The lowest BCUT2D eigenvalue weighted by atomic mass is 10.3. The minimum absolute atomic E-state index is 0.145. The zero-order valence-electron chi connectivity index (χ0n) is 8.43. The molecular formula is C12H16Si. The van der Waals surface area contributed by atoms with Crippen LogP contribution in [0.15, 0.2) is 45.8 Å². The number of rotatable bonds is 2. The fourth-order valence-electron chi connectivity index (χ4n) is 1.97. The first-order valence-corrected chi connectivity index (χ1v) is 6.41. The van der Waals surface area contributed by atoms with Crippen molar-refractivity contribution in [3.05, 3.63) is 45.8 Å². The SMILES string of the molecule is CC1=CCC=C1[SiH2]C1=CCC=C1C. The molecule has 0 aliphatic heterocycles. The molecule has 1 heteroatoms. The molecule has 0 nitrogen and oxygen atoms in total. The van der Waals surface area contributed by atoms with Crippen LogP contribution in [-0.4, -0.2) is 9.52 Å². The average molecular weight is 188 g/mol. The number of hydrogen-bond acceptors (Lipinski definition) is 0. The van der Waals surface area contributed by atoms with Gasteiger partial charge in [0.1, 0.15) is 0 Å². The summed E-state index contributed by atoms with van der Waals surface area (Å²) in [6.45, 7) is 4.50. The minimum Gasteiger partial charge on any atom is -0.0815 e. The summed E-state index contributed by atoms with van der Waals surface area (Å²) in [7, 11) is -0.145. The first-order chi connectivity index (χ1) is 6.27. The van der Waals surface area contributed by atoms with Gasteiger partial charge in [-0.15, -0.1) is 0 Å². The third kappa shape index (κ3) is 1.75. The van der Waals surface area contributed by atoms with Gasteiger partial charge in [0, 0.05) is 0 Å². The van der Waals surface area contributed by atoms with Crippen molar-refractivity contribution in [2.45, 2.75) is 26.7 Å². The summed E-state index contributed by atoms with van der Waals surface area (Å²) >= 11 is 0. The molecule has 0 unspecified atom stereocenters. The van der Waals surface area contributed by atoms with E-state index < -0.39 is 0 Å². The van der Waals surface area contributed by atoms with Gasteiger partial charge in [0.05, 0.1) is 9.52 Å². The van der Waals surface area contributed by atoms with Crippen molar-refractivity contribution in [3.63, 3.8) is 0 Å². The Morgan fingerprint density at radius 2 is 1.31 bits per heavy atom. The second-order valence-electron chi connectivity index (χ2n) is 3.88. The monoisotopic (exact) mass is 188 g/mol. The van der Waals surface area contributed by atoms with Crippen molar-refractivity contribution in [3.8, 4) is 0 Å². The van der Waals surface area contributed by atoms with Gasteiger partial charge >= 0.3 is 0 Å². The van der Waals surface area contributed by atoms with Crippen molar-refractivity contribution in [1.29, 1.82) is 0 Å². The third-order valence-corrected chi connectivity index (χ3v) is 5.43. The molecule has 2 aliphatic rings. The van der Waals surface area contributed by atoms with E-state index in [2.05, 4.69) is 38.2 Å². The molecule has 13 heavy (non-hydrogen) atoms. The van der Waals surface area contributed by atoms with Crippen LogP contribution >= 0.6 is 0 Å². The van der Waals surface area contributed by atoms with Gasteiger partial charge in [0.25, 0.3) is 0 Å². The van der Waals surface area contributed by atoms with Crippen LogP contribution in [0.3, 0.4) is 0 Å². The summed E-state index contributed by atoms with van der Waals surface area (Å²) in [6.07, 6.45) is 11.9. The highest BCUT2D eigenvalue weighted by Gasteiger charge is 2.11. The Morgan fingerprint density at radius 1 is 0.846 bits per heavy atom. The molecule has 0 heterocycles. The van der Waals surface area contributed by atoms with Crippen LogP contribution in [0.1, 0.15) is 26.7 Å². The maximum atomic E-state index is 2.41. The largest absolute Gasteiger partial charge is 0.0873 e. The van der Waals surface area contributed by atoms with Gasteiger partial charge in [-0.25, -0.2) is 0 Å². The highest BCUT2D eigenvalue weighted by molar-refractivity contribution is 6.56. The summed E-state index contributed by atoms with van der Waals surface area (Å²) in [6, 6.07) is 0. The van der Waals surface area contributed by atoms with Crippen molar-refractivity contribution in [1.82, 2.24) is 0 Å². The van der Waals surface area contributed by atoms with E-state index in [0.717, 1.165) is 0 Å². The zero-order chi connectivity index (χ0) is 9.26. The summed E-state index contributed by atoms with van der Waals surface area (Å²) in [4.78, 5) is 0. The third-order valence-electron chi connectivity index (χ3n) is 2.97. The van der Waals surface area contributed by atoms with Crippen molar-refractivity contribution in [2.75, 3.05) is 0 Å². The van der Waals surface area contributed by atoms with Crippen LogP contribution < -0.4 is 0 Å². The van der Waals surface area contributed by atoms with E-state index in [-0.39, 0.29) is 9.52 Å². The molecule has 2 rings (SSSR count). The molecule has 0 radical (unpaired) electrons. The Labute approximate surface area is 82.6 Å². The van der Waals surface area contributed by atoms with Gasteiger partial charge in [-0.2, -0.15) is 0 Å². The van der Waals surface area contributed by atoms with Crippen LogP contribution in [0.4, 0.5) is 0 Å². The second-order valence-corrected chi connectivity index (χ2v) is 5.76. The fourth-order valence-corrected chi connectivity index (χ4v) is 3.85. The number of allylic oxidation sites excluding steroid dienone is 8. The molecule has 0 fully saturated rings. The molecule has 68 valence electrons. The van der Waals surface area contributed by atoms with Crippen LogP contribution in [-0.2, 0) is 0 Å².